The van der Waals surface area contributed by atoms with Crippen molar-refractivity contribution in [2.45, 2.75) is 19.3 Å². The van der Waals surface area contributed by atoms with Gasteiger partial charge in [0.2, 0.25) is 5.91 Å². The summed E-state index contributed by atoms with van der Waals surface area (Å²) in [6.07, 6.45) is 2.69. The van der Waals surface area contributed by atoms with Gasteiger partial charge in [-0.25, -0.2) is 0 Å². The molecule has 1 aliphatic rings. The monoisotopic (exact) mass is 276 g/mol. The maximum absolute atomic E-state index is 11.3. The lowest BCUT2D eigenvalue weighted by Gasteiger charge is -2.22. The molecule has 0 aromatic heterocycles. The fourth-order valence-corrected chi connectivity index (χ4v) is 2.67. The summed E-state index contributed by atoms with van der Waals surface area (Å²) >= 11 is 0. The van der Waals surface area contributed by atoms with E-state index in [1.807, 2.05) is 12.1 Å². The number of carbonyl (C=O) groups is 1. The maximum Gasteiger partial charge on any atom is 0.221 e. The van der Waals surface area contributed by atoms with Crippen LogP contribution in [0.5, 0.6) is 5.75 Å². The lowest BCUT2D eigenvalue weighted by Crippen LogP contribution is -2.31. The van der Waals surface area contributed by atoms with E-state index in [4.69, 9.17) is 4.74 Å². The van der Waals surface area contributed by atoms with Crippen molar-refractivity contribution < 1.29 is 9.53 Å². The molecule has 1 atom stereocenters. The summed E-state index contributed by atoms with van der Waals surface area (Å²) in [7, 11) is 3.77. The third-order valence-corrected chi connectivity index (χ3v) is 3.83. The molecule has 0 spiro atoms. The molecule has 2 rings (SSSR count). The zero-order valence-corrected chi connectivity index (χ0v) is 12.4. The van der Waals surface area contributed by atoms with Gasteiger partial charge in [0.15, 0.2) is 0 Å². The minimum atomic E-state index is 0.103. The maximum atomic E-state index is 11.3. The van der Waals surface area contributed by atoms with Crippen LogP contribution in [0.4, 0.5) is 0 Å². The molecule has 1 N–H and O–H groups in total. The number of ether oxygens (including phenoxy) is 1. The molecule has 0 radical (unpaired) electrons. The average Bonchev–Trinajstić information content (AvgIpc) is 2.66. The predicted molar refractivity (Wildman–Crippen MR) is 79.9 cm³/mol. The summed E-state index contributed by atoms with van der Waals surface area (Å²) in [5.41, 5.74) is 1.30. The number of hydrogen-bond acceptors (Lipinski definition) is 3. The molecule has 0 saturated carbocycles. The van der Waals surface area contributed by atoms with E-state index < -0.39 is 0 Å². The lowest BCUT2D eigenvalue weighted by atomic mass is 9.96. The number of benzene rings is 1. The van der Waals surface area contributed by atoms with Crippen molar-refractivity contribution in [3.63, 3.8) is 0 Å². The van der Waals surface area contributed by atoms with E-state index in [2.05, 4.69) is 29.4 Å². The molecule has 1 heterocycles. The largest absolute Gasteiger partial charge is 0.493 e. The summed E-state index contributed by atoms with van der Waals surface area (Å²) in [4.78, 5) is 13.5. The first kappa shape index (κ1) is 14.9. The topological polar surface area (TPSA) is 41.6 Å². The van der Waals surface area contributed by atoms with E-state index in [9.17, 15) is 4.79 Å². The summed E-state index contributed by atoms with van der Waals surface area (Å²) in [6.45, 7) is 2.60. The fraction of sp³-hybridized carbons (Fsp3) is 0.562. The van der Waals surface area contributed by atoms with Crippen LogP contribution in [0.2, 0.25) is 0 Å². The molecule has 110 valence electrons. The first-order chi connectivity index (χ1) is 9.69. The Morgan fingerprint density at radius 2 is 2.25 bits per heavy atom. The molecule has 1 amide bonds. The van der Waals surface area contributed by atoms with Gasteiger partial charge in [-0.2, -0.15) is 0 Å². The predicted octanol–water partition coefficient (Wildman–Crippen LogP) is 1.70. The average molecular weight is 276 g/mol. The highest BCUT2D eigenvalue weighted by atomic mass is 16.5. The molecule has 0 saturated heterocycles. The number of carbonyl (C=O) groups excluding carboxylic acids is 1. The number of para-hydroxylation sites is 1. The second-order valence-corrected chi connectivity index (χ2v) is 5.50. The minimum Gasteiger partial charge on any atom is -0.493 e. The van der Waals surface area contributed by atoms with Gasteiger partial charge in [0.25, 0.3) is 0 Å². The minimum absolute atomic E-state index is 0.103. The van der Waals surface area contributed by atoms with Gasteiger partial charge in [-0.1, -0.05) is 18.2 Å². The zero-order chi connectivity index (χ0) is 14.4. The van der Waals surface area contributed by atoms with E-state index in [1.54, 1.807) is 7.05 Å². The Balaban J connectivity index is 1.86. The molecule has 4 heteroatoms. The number of nitrogens with zero attached hydrogens (tertiary/aromatic N) is 1. The van der Waals surface area contributed by atoms with Crippen LogP contribution in [0, 0.1) is 5.92 Å². The van der Waals surface area contributed by atoms with Crippen molar-refractivity contribution >= 4 is 5.91 Å². The summed E-state index contributed by atoms with van der Waals surface area (Å²) in [5, 5.41) is 2.66. The Morgan fingerprint density at radius 3 is 3.05 bits per heavy atom. The molecule has 0 fully saturated rings. The van der Waals surface area contributed by atoms with Gasteiger partial charge in [0, 0.05) is 26.6 Å². The van der Waals surface area contributed by atoms with Gasteiger partial charge in [-0.15, -0.1) is 0 Å². The van der Waals surface area contributed by atoms with E-state index >= 15 is 0 Å². The fourth-order valence-electron chi connectivity index (χ4n) is 2.67. The van der Waals surface area contributed by atoms with E-state index in [0.717, 1.165) is 38.3 Å². The van der Waals surface area contributed by atoms with Crippen LogP contribution in [0.1, 0.15) is 18.4 Å². The molecular formula is C16H24N2O2. The highest BCUT2D eigenvalue weighted by molar-refractivity contribution is 5.75. The lowest BCUT2D eigenvalue weighted by molar-refractivity contribution is -0.120. The third kappa shape index (κ3) is 4.23. The number of nitrogens with one attached hydrogen (secondary N) is 1. The second-order valence-electron chi connectivity index (χ2n) is 5.50. The Bertz CT molecular complexity index is 448. The number of hydrogen-bond donors (Lipinski definition) is 1. The molecular weight excluding hydrogens is 252 g/mol. The Morgan fingerprint density at radius 1 is 1.45 bits per heavy atom. The van der Waals surface area contributed by atoms with Crippen molar-refractivity contribution in [1.82, 2.24) is 10.2 Å². The van der Waals surface area contributed by atoms with Crippen molar-refractivity contribution in [3.8, 4) is 5.75 Å². The van der Waals surface area contributed by atoms with Crippen LogP contribution in [-0.4, -0.2) is 44.6 Å². The van der Waals surface area contributed by atoms with E-state index in [-0.39, 0.29) is 5.91 Å². The Hall–Kier alpha value is -1.55. The molecule has 0 bridgehead atoms. The van der Waals surface area contributed by atoms with Gasteiger partial charge in [-0.05, 0) is 37.4 Å². The van der Waals surface area contributed by atoms with Crippen molar-refractivity contribution in [3.05, 3.63) is 29.8 Å². The van der Waals surface area contributed by atoms with Crippen molar-refractivity contribution in [2.75, 3.05) is 33.8 Å². The molecule has 1 aromatic rings. The van der Waals surface area contributed by atoms with Crippen LogP contribution >= 0.6 is 0 Å². The normalized spacial score (nSPS) is 18.1. The van der Waals surface area contributed by atoms with Crippen LogP contribution in [0.15, 0.2) is 24.3 Å². The second kappa shape index (κ2) is 7.29. The van der Waals surface area contributed by atoms with Gasteiger partial charge in [0.1, 0.15) is 5.75 Å². The van der Waals surface area contributed by atoms with E-state index in [1.165, 1.54) is 5.56 Å². The zero-order valence-electron chi connectivity index (χ0n) is 12.4. The molecule has 20 heavy (non-hydrogen) atoms. The first-order valence-electron chi connectivity index (χ1n) is 7.29. The van der Waals surface area contributed by atoms with Gasteiger partial charge >= 0.3 is 0 Å². The highest BCUT2D eigenvalue weighted by Crippen LogP contribution is 2.26. The van der Waals surface area contributed by atoms with Crippen LogP contribution < -0.4 is 10.1 Å². The molecule has 0 unspecified atom stereocenters. The number of amides is 1. The highest BCUT2D eigenvalue weighted by Gasteiger charge is 2.18. The van der Waals surface area contributed by atoms with E-state index in [0.29, 0.717) is 12.3 Å². The molecule has 1 aromatic carbocycles. The number of fused-ring (bicyclic) bond motifs is 1. The summed E-state index contributed by atoms with van der Waals surface area (Å²) in [5.74, 6) is 1.72. The molecule has 0 aliphatic carbocycles. The van der Waals surface area contributed by atoms with Crippen molar-refractivity contribution in [1.29, 1.82) is 0 Å². The van der Waals surface area contributed by atoms with Crippen LogP contribution in [0.3, 0.4) is 0 Å². The van der Waals surface area contributed by atoms with Crippen molar-refractivity contribution in [2.24, 2.45) is 5.92 Å². The van der Waals surface area contributed by atoms with Gasteiger partial charge in [0.05, 0.1) is 6.61 Å². The Kier molecular flexibility index (Phi) is 5.41. The quantitative estimate of drug-likeness (QED) is 0.890. The molecule has 1 aliphatic heterocycles. The van der Waals surface area contributed by atoms with Crippen LogP contribution in [0.25, 0.3) is 0 Å². The Labute approximate surface area is 121 Å². The standard InChI is InChI=1S/C16H24N2O2/c1-17-16(19)7-9-18(2)12-13-8-10-20-15-6-4-3-5-14(15)11-13/h3-6,13H,7-12H2,1-2H3,(H,17,19)/t13-/m0/s1. The first-order valence-corrected chi connectivity index (χ1v) is 7.29. The smallest absolute Gasteiger partial charge is 0.221 e. The molecule has 4 nitrogen and oxygen atoms in total. The number of rotatable bonds is 5. The van der Waals surface area contributed by atoms with Gasteiger partial charge < -0.3 is 15.0 Å². The SMILES string of the molecule is CNC(=O)CCN(C)C[C@H]1CCOc2ccccc2C1. The van der Waals surface area contributed by atoms with Gasteiger partial charge in [-0.3, -0.25) is 4.79 Å². The van der Waals surface area contributed by atoms with Crippen LogP contribution in [-0.2, 0) is 11.2 Å². The third-order valence-electron chi connectivity index (χ3n) is 3.83. The summed E-state index contributed by atoms with van der Waals surface area (Å²) < 4.78 is 5.79. The summed E-state index contributed by atoms with van der Waals surface area (Å²) in [6, 6.07) is 8.29.